The third-order valence-corrected chi connectivity index (χ3v) is 3.42. The summed E-state index contributed by atoms with van der Waals surface area (Å²) in [4.78, 5) is 28.5. The molecule has 0 atom stereocenters. The van der Waals surface area contributed by atoms with Gasteiger partial charge in [0.25, 0.3) is 5.91 Å². The Kier molecular flexibility index (Phi) is 3.41. The van der Waals surface area contributed by atoms with Gasteiger partial charge in [-0.05, 0) is 44.2 Å². The molecular formula is C17H16N2O3. The molecular weight excluding hydrogens is 280 g/mol. The molecule has 5 nitrogen and oxygen atoms in total. The molecule has 0 fully saturated rings. The highest BCUT2D eigenvalue weighted by molar-refractivity contribution is 6.07. The Morgan fingerprint density at radius 3 is 2.82 bits per heavy atom. The summed E-state index contributed by atoms with van der Waals surface area (Å²) in [6.07, 6.45) is 1.90. The molecule has 1 N–H and O–H groups in total. The van der Waals surface area contributed by atoms with E-state index in [1.54, 1.807) is 42.6 Å². The summed E-state index contributed by atoms with van der Waals surface area (Å²) < 4.78 is 5.78. The van der Waals surface area contributed by atoms with Crippen LogP contribution in [0.15, 0.2) is 42.6 Å². The fourth-order valence-corrected chi connectivity index (χ4v) is 2.42. The summed E-state index contributed by atoms with van der Waals surface area (Å²) in [6, 6.07) is 10.1. The molecule has 2 aromatic rings. The maximum absolute atomic E-state index is 12.2. The lowest BCUT2D eigenvalue weighted by Crippen LogP contribution is -2.36. The van der Waals surface area contributed by atoms with Crippen LogP contribution < -0.4 is 10.1 Å². The molecule has 0 unspecified atom stereocenters. The second-order valence-electron chi connectivity index (χ2n) is 5.84. The Labute approximate surface area is 128 Å². The number of ether oxygens (including phenoxy) is 1. The number of carbonyl (C=O) groups is 2. The van der Waals surface area contributed by atoms with Gasteiger partial charge in [0, 0.05) is 11.8 Å². The van der Waals surface area contributed by atoms with Crippen LogP contribution in [0.25, 0.3) is 0 Å². The van der Waals surface area contributed by atoms with Crippen LogP contribution in [-0.2, 0) is 0 Å². The summed E-state index contributed by atoms with van der Waals surface area (Å²) in [7, 11) is 0. The number of carbonyl (C=O) groups excluding carboxylic acids is 2. The van der Waals surface area contributed by atoms with E-state index in [-0.39, 0.29) is 11.7 Å². The molecule has 112 valence electrons. The van der Waals surface area contributed by atoms with E-state index < -0.39 is 5.60 Å². The van der Waals surface area contributed by atoms with E-state index in [1.807, 2.05) is 13.8 Å². The zero-order valence-corrected chi connectivity index (χ0v) is 12.4. The Bertz CT molecular complexity index is 739. The van der Waals surface area contributed by atoms with Crippen LogP contribution >= 0.6 is 0 Å². The molecule has 0 aliphatic carbocycles. The van der Waals surface area contributed by atoms with E-state index in [1.165, 1.54) is 0 Å². The molecule has 1 amide bonds. The number of nitrogens with one attached hydrogen (secondary N) is 1. The smallest absolute Gasteiger partial charge is 0.256 e. The fraction of sp³-hybridized carbons (Fsp3) is 0.235. The Balaban J connectivity index is 1.86. The molecule has 0 spiro atoms. The molecule has 5 heteroatoms. The lowest BCUT2D eigenvalue weighted by Gasteiger charge is -2.31. The molecule has 1 aliphatic heterocycles. The van der Waals surface area contributed by atoms with Gasteiger partial charge >= 0.3 is 0 Å². The van der Waals surface area contributed by atoms with Crippen LogP contribution in [0.4, 0.5) is 5.82 Å². The van der Waals surface area contributed by atoms with Crippen LogP contribution in [-0.4, -0.2) is 22.3 Å². The first-order valence-electron chi connectivity index (χ1n) is 7.03. The number of ketones is 1. The van der Waals surface area contributed by atoms with Gasteiger partial charge in [0.2, 0.25) is 0 Å². The lowest BCUT2D eigenvalue weighted by molar-refractivity contribution is 0.0620. The number of hydrogen-bond donors (Lipinski definition) is 1. The standard InChI is InChI=1S/C17H16N2O3/c1-17(2)10-13(20)12-9-11(6-7-14(12)22-17)16(21)19-15-5-3-4-8-18-15/h3-9H,10H2,1-2H3,(H,18,19,21). The molecule has 0 radical (unpaired) electrons. The van der Waals surface area contributed by atoms with E-state index >= 15 is 0 Å². The third-order valence-electron chi connectivity index (χ3n) is 3.42. The Morgan fingerprint density at radius 2 is 2.09 bits per heavy atom. The number of pyridine rings is 1. The van der Waals surface area contributed by atoms with Gasteiger partial charge in [-0.1, -0.05) is 6.07 Å². The fourth-order valence-electron chi connectivity index (χ4n) is 2.42. The summed E-state index contributed by atoms with van der Waals surface area (Å²) in [5.41, 5.74) is 0.344. The summed E-state index contributed by atoms with van der Waals surface area (Å²) in [5, 5.41) is 2.69. The van der Waals surface area contributed by atoms with Crippen molar-refractivity contribution in [2.24, 2.45) is 0 Å². The van der Waals surface area contributed by atoms with Crippen molar-refractivity contribution < 1.29 is 14.3 Å². The number of Topliss-reactive ketones (excluding diaryl/α,β-unsaturated/α-hetero) is 1. The molecule has 2 heterocycles. The third kappa shape index (κ3) is 2.83. The minimum atomic E-state index is -0.512. The molecule has 0 saturated carbocycles. The Hall–Kier alpha value is -2.69. The van der Waals surface area contributed by atoms with E-state index in [2.05, 4.69) is 10.3 Å². The van der Waals surface area contributed by atoms with Crippen molar-refractivity contribution in [3.05, 3.63) is 53.7 Å². The number of benzene rings is 1. The van der Waals surface area contributed by atoms with Gasteiger partial charge in [-0.3, -0.25) is 9.59 Å². The average Bonchev–Trinajstić information content (AvgIpc) is 2.46. The minimum absolute atomic E-state index is 0.0151. The predicted molar refractivity (Wildman–Crippen MR) is 82.3 cm³/mol. The van der Waals surface area contributed by atoms with Gasteiger partial charge in [0.15, 0.2) is 5.78 Å². The summed E-state index contributed by atoms with van der Waals surface area (Å²) in [6.45, 7) is 3.74. The molecule has 0 bridgehead atoms. The monoisotopic (exact) mass is 296 g/mol. The highest BCUT2D eigenvalue weighted by atomic mass is 16.5. The van der Waals surface area contributed by atoms with Crippen LogP contribution in [0.1, 0.15) is 41.0 Å². The number of nitrogens with zero attached hydrogens (tertiary/aromatic N) is 1. The van der Waals surface area contributed by atoms with E-state index in [0.29, 0.717) is 29.1 Å². The second kappa shape index (κ2) is 5.26. The SMILES string of the molecule is CC1(C)CC(=O)c2cc(C(=O)Nc3ccccn3)ccc2O1. The topological polar surface area (TPSA) is 68.3 Å². The van der Waals surface area contributed by atoms with Crippen molar-refractivity contribution in [1.82, 2.24) is 4.98 Å². The zero-order valence-electron chi connectivity index (χ0n) is 12.4. The number of hydrogen-bond acceptors (Lipinski definition) is 4. The molecule has 22 heavy (non-hydrogen) atoms. The van der Waals surface area contributed by atoms with Gasteiger partial charge in [0.1, 0.15) is 17.2 Å². The summed E-state index contributed by atoms with van der Waals surface area (Å²) >= 11 is 0. The van der Waals surface area contributed by atoms with Crippen molar-refractivity contribution in [3.8, 4) is 5.75 Å². The Morgan fingerprint density at radius 1 is 1.27 bits per heavy atom. The van der Waals surface area contributed by atoms with Gasteiger partial charge in [-0.2, -0.15) is 0 Å². The average molecular weight is 296 g/mol. The van der Waals surface area contributed by atoms with E-state index in [9.17, 15) is 9.59 Å². The maximum atomic E-state index is 12.2. The van der Waals surface area contributed by atoms with Crippen molar-refractivity contribution >= 4 is 17.5 Å². The number of aromatic nitrogens is 1. The first-order chi connectivity index (χ1) is 10.4. The first kappa shape index (κ1) is 14.3. The number of rotatable bonds is 2. The van der Waals surface area contributed by atoms with Crippen molar-refractivity contribution in [2.45, 2.75) is 25.9 Å². The van der Waals surface area contributed by atoms with Gasteiger partial charge in [-0.25, -0.2) is 4.98 Å². The highest BCUT2D eigenvalue weighted by Gasteiger charge is 2.32. The van der Waals surface area contributed by atoms with Gasteiger partial charge in [-0.15, -0.1) is 0 Å². The number of amides is 1. The molecule has 1 aliphatic rings. The molecule has 3 rings (SSSR count). The lowest BCUT2D eigenvalue weighted by atomic mass is 9.92. The normalized spacial score (nSPS) is 15.6. The quantitative estimate of drug-likeness (QED) is 0.924. The maximum Gasteiger partial charge on any atom is 0.256 e. The van der Waals surface area contributed by atoms with Gasteiger partial charge in [0.05, 0.1) is 12.0 Å². The molecule has 0 saturated heterocycles. The summed E-state index contributed by atoms with van der Waals surface area (Å²) in [5.74, 6) is 0.669. The van der Waals surface area contributed by atoms with Crippen LogP contribution in [0.2, 0.25) is 0 Å². The van der Waals surface area contributed by atoms with Gasteiger partial charge < -0.3 is 10.1 Å². The van der Waals surface area contributed by atoms with Crippen molar-refractivity contribution in [2.75, 3.05) is 5.32 Å². The van der Waals surface area contributed by atoms with Crippen molar-refractivity contribution in [3.63, 3.8) is 0 Å². The zero-order chi connectivity index (χ0) is 15.7. The molecule has 1 aromatic heterocycles. The van der Waals surface area contributed by atoms with E-state index in [0.717, 1.165) is 0 Å². The van der Waals surface area contributed by atoms with Crippen LogP contribution in [0, 0.1) is 0 Å². The van der Waals surface area contributed by atoms with Crippen molar-refractivity contribution in [1.29, 1.82) is 0 Å². The van der Waals surface area contributed by atoms with E-state index in [4.69, 9.17) is 4.74 Å². The number of anilines is 1. The van der Waals surface area contributed by atoms with Crippen LogP contribution in [0.5, 0.6) is 5.75 Å². The largest absolute Gasteiger partial charge is 0.487 e. The number of fused-ring (bicyclic) bond motifs is 1. The first-order valence-corrected chi connectivity index (χ1v) is 7.03. The minimum Gasteiger partial charge on any atom is -0.487 e. The predicted octanol–water partition coefficient (Wildman–Crippen LogP) is 3.08. The van der Waals surface area contributed by atoms with Crippen LogP contribution in [0.3, 0.4) is 0 Å². The highest BCUT2D eigenvalue weighted by Crippen LogP contribution is 2.33. The molecule has 1 aromatic carbocycles. The second-order valence-corrected chi connectivity index (χ2v) is 5.84.